The number of carboxylic acids is 1. The second kappa shape index (κ2) is 10.7. The Morgan fingerprint density at radius 3 is 2.38 bits per heavy atom. The Hall–Kier alpha value is -2.47. The predicted molar refractivity (Wildman–Crippen MR) is 146 cm³/mol. The van der Waals surface area contributed by atoms with Gasteiger partial charge in [-0.2, -0.15) is 0 Å². The number of benzene rings is 1. The number of carboxylic acid groups (broad SMARTS) is 1. The van der Waals surface area contributed by atoms with Crippen LogP contribution < -0.4 is 4.74 Å². The number of halogens is 3. The molecule has 0 spiro atoms. The van der Waals surface area contributed by atoms with E-state index in [9.17, 15) is 24.0 Å². The minimum Gasteiger partial charge on any atom is -0.491 e. The van der Waals surface area contributed by atoms with E-state index in [-0.39, 0.29) is 56.8 Å². The second-order valence-electron chi connectivity index (χ2n) is 10.5. The van der Waals surface area contributed by atoms with Crippen molar-refractivity contribution in [3.63, 3.8) is 0 Å². The number of hydrogen-bond acceptors (Lipinski definition) is 7. The fourth-order valence-corrected chi connectivity index (χ4v) is 8.15. The van der Waals surface area contributed by atoms with Crippen molar-refractivity contribution in [3.05, 3.63) is 41.5 Å². The van der Waals surface area contributed by atoms with Crippen LogP contribution in [0.1, 0.15) is 37.2 Å². The molecule has 5 rings (SSSR count). The van der Waals surface area contributed by atoms with Crippen molar-refractivity contribution < 1.29 is 38.9 Å². The highest BCUT2D eigenvalue weighted by atomic mass is 79.9. The van der Waals surface area contributed by atoms with Gasteiger partial charge in [-0.05, 0) is 42.9 Å². The number of nitrogens with zero attached hydrogens (tertiary/aromatic N) is 2. The summed E-state index contributed by atoms with van der Waals surface area (Å²) in [5.74, 6) is -5.70. The van der Waals surface area contributed by atoms with Crippen molar-refractivity contribution >= 4 is 68.7 Å². The van der Waals surface area contributed by atoms with E-state index in [4.69, 9.17) is 38.2 Å². The van der Waals surface area contributed by atoms with Crippen LogP contribution in [0.15, 0.2) is 35.9 Å². The van der Waals surface area contributed by atoms with Crippen LogP contribution in [0.4, 0.5) is 0 Å². The fraction of sp³-hybridized carbons (Fsp3) is 0.519. The summed E-state index contributed by atoms with van der Waals surface area (Å²) in [5, 5.41) is 18.1. The molecule has 2 heterocycles. The monoisotopic (exact) mass is 656 g/mol. The van der Waals surface area contributed by atoms with Gasteiger partial charge in [0, 0.05) is 18.9 Å². The normalized spacial score (nSPS) is 33.0. The number of hydrogen-bond donors (Lipinski definition) is 2. The van der Waals surface area contributed by atoms with Crippen molar-refractivity contribution in [1.29, 1.82) is 0 Å². The standard InChI is InChI=1S/C27H27BrCl2N2O8/c28-13-32-24(38)26(29)12-18-16(7-8-17-20(18)23(37)31(22(17)36)9-1-2-19(34)35)21(27(26,30)25(32)39)14-3-5-15(6-4-14)40-11-10-33/h3-7,17-18,20-21,33H,1-2,8-13H2,(H,34,35). The van der Waals surface area contributed by atoms with Gasteiger partial charge in [0.2, 0.25) is 11.8 Å². The molecule has 4 aliphatic rings. The highest BCUT2D eigenvalue weighted by Gasteiger charge is 2.76. The van der Waals surface area contributed by atoms with Crippen molar-refractivity contribution in [2.24, 2.45) is 17.8 Å². The molecule has 214 valence electrons. The Balaban J connectivity index is 1.58. The number of fused-ring (bicyclic) bond motifs is 4. The first-order chi connectivity index (χ1) is 19.0. The SMILES string of the molecule is O=C(O)CCCN1C(=O)C2CC=C3C(CC4(Cl)C(=O)N(CBr)C(=O)C4(Cl)C3c3ccc(OCCO)cc3)C2C1=O. The van der Waals surface area contributed by atoms with Gasteiger partial charge in [0.05, 0.1) is 23.9 Å². The molecule has 0 aromatic heterocycles. The van der Waals surface area contributed by atoms with Crippen molar-refractivity contribution in [2.45, 2.75) is 41.3 Å². The summed E-state index contributed by atoms with van der Waals surface area (Å²) >= 11 is 17.5. The Kier molecular flexibility index (Phi) is 7.80. The van der Waals surface area contributed by atoms with Crippen molar-refractivity contribution in [3.8, 4) is 5.75 Å². The third-order valence-corrected chi connectivity index (χ3v) is 10.4. The van der Waals surface area contributed by atoms with Crippen LogP contribution in [0.25, 0.3) is 0 Å². The summed E-state index contributed by atoms with van der Waals surface area (Å²) in [6, 6.07) is 6.74. The number of rotatable bonds is 9. The van der Waals surface area contributed by atoms with Crippen molar-refractivity contribution in [2.75, 3.05) is 25.2 Å². The van der Waals surface area contributed by atoms with Gasteiger partial charge < -0.3 is 14.9 Å². The summed E-state index contributed by atoms with van der Waals surface area (Å²) in [5.41, 5.74) is 1.14. The molecule has 2 N–H and O–H groups in total. The van der Waals surface area contributed by atoms with Gasteiger partial charge in [-0.3, -0.25) is 33.8 Å². The number of ether oxygens (including phenoxy) is 1. The lowest BCUT2D eigenvalue weighted by atomic mass is 9.56. The van der Waals surface area contributed by atoms with Crippen LogP contribution in [-0.4, -0.2) is 84.6 Å². The van der Waals surface area contributed by atoms with Crippen LogP contribution in [0, 0.1) is 17.8 Å². The van der Waals surface area contributed by atoms with E-state index in [0.717, 1.165) is 9.80 Å². The Bertz CT molecular complexity index is 1310. The third kappa shape index (κ3) is 4.19. The second-order valence-corrected chi connectivity index (χ2v) is 12.2. The van der Waals surface area contributed by atoms with E-state index in [1.54, 1.807) is 24.3 Å². The Labute approximate surface area is 248 Å². The number of carbonyl (C=O) groups is 5. The molecule has 40 heavy (non-hydrogen) atoms. The molecular weight excluding hydrogens is 631 g/mol. The first-order valence-electron chi connectivity index (χ1n) is 12.9. The molecule has 0 bridgehead atoms. The molecule has 4 amide bonds. The first kappa shape index (κ1) is 29.0. The molecule has 3 fully saturated rings. The summed E-state index contributed by atoms with van der Waals surface area (Å²) in [6.07, 6.45) is 1.90. The lowest BCUT2D eigenvalue weighted by Crippen LogP contribution is -2.60. The topological polar surface area (TPSA) is 142 Å². The quantitative estimate of drug-likeness (QED) is 0.179. The van der Waals surface area contributed by atoms with E-state index in [1.807, 2.05) is 6.08 Å². The van der Waals surface area contributed by atoms with Gasteiger partial charge in [0.1, 0.15) is 12.4 Å². The van der Waals surface area contributed by atoms with Gasteiger partial charge in [-0.15, -0.1) is 23.2 Å². The Morgan fingerprint density at radius 1 is 1.05 bits per heavy atom. The van der Waals surface area contributed by atoms with E-state index in [0.29, 0.717) is 16.9 Å². The van der Waals surface area contributed by atoms with Gasteiger partial charge in [0.25, 0.3) is 11.8 Å². The maximum absolute atomic E-state index is 13.7. The molecular formula is C27H27BrCl2N2O8. The van der Waals surface area contributed by atoms with Crippen LogP contribution >= 0.6 is 39.1 Å². The number of allylic oxidation sites excluding steroid dienone is 2. The zero-order chi connectivity index (χ0) is 29.0. The molecule has 2 aliphatic heterocycles. The van der Waals surface area contributed by atoms with Crippen LogP contribution in [0.3, 0.4) is 0 Å². The molecule has 0 radical (unpaired) electrons. The fourth-order valence-electron chi connectivity index (χ4n) is 6.72. The molecule has 2 saturated heterocycles. The number of likely N-dealkylation sites (tertiary alicyclic amines) is 2. The molecule has 13 heteroatoms. The zero-order valence-electron chi connectivity index (χ0n) is 21.2. The Morgan fingerprint density at radius 2 is 1.75 bits per heavy atom. The lowest BCUT2D eigenvalue weighted by Gasteiger charge is -2.50. The van der Waals surface area contributed by atoms with E-state index in [2.05, 4.69) is 15.9 Å². The van der Waals surface area contributed by atoms with E-state index in [1.165, 1.54) is 0 Å². The summed E-state index contributed by atoms with van der Waals surface area (Å²) < 4.78 is 5.47. The smallest absolute Gasteiger partial charge is 0.303 e. The van der Waals surface area contributed by atoms with E-state index >= 15 is 0 Å². The summed E-state index contributed by atoms with van der Waals surface area (Å²) in [7, 11) is 0. The molecule has 2 aliphatic carbocycles. The molecule has 6 unspecified atom stereocenters. The number of alkyl halides is 3. The highest BCUT2D eigenvalue weighted by molar-refractivity contribution is 9.09. The number of amides is 4. The first-order valence-corrected chi connectivity index (χ1v) is 14.8. The number of imide groups is 2. The number of aliphatic carboxylic acids is 1. The summed E-state index contributed by atoms with van der Waals surface area (Å²) in [6.45, 7) is -0.0896. The van der Waals surface area contributed by atoms with Gasteiger partial charge in [0.15, 0.2) is 9.75 Å². The van der Waals surface area contributed by atoms with Crippen molar-refractivity contribution in [1.82, 2.24) is 9.80 Å². The minimum atomic E-state index is -1.89. The van der Waals surface area contributed by atoms with Gasteiger partial charge in [-0.25, -0.2) is 0 Å². The maximum Gasteiger partial charge on any atom is 0.303 e. The molecule has 1 saturated carbocycles. The molecule has 10 nitrogen and oxygen atoms in total. The maximum atomic E-state index is 13.7. The predicted octanol–water partition coefficient (Wildman–Crippen LogP) is 2.63. The third-order valence-electron chi connectivity index (χ3n) is 8.45. The molecule has 1 aromatic carbocycles. The highest BCUT2D eigenvalue weighted by Crippen LogP contribution is 2.65. The molecule has 1 aromatic rings. The zero-order valence-corrected chi connectivity index (χ0v) is 24.3. The number of carbonyl (C=O) groups excluding carboxylic acids is 4. The average molecular weight is 658 g/mol. The van der Waals surface area contributed by atoms with Crippen LogP contribution in [0.2, 0.25) is 0 Å². The van der Waals surface area contributed by atoms with Crippen LogP contribution in [-0.2, 0) is 24.0 Å². The summed E-state index contributed by atoms with van der Waals surface area (Å²) in [4.78, 5) is 63.6. The van der Waals surface area contributed by atoms with Gasteiger partial charge in [-0.1, -0.05) is 39.7 Å². The molecule has 6 atom stereocenters. The van der Waals surface area contributed by atoms with E-state index < -0.39 is 57.1 Å². The largest absolute Gasteiger partial charge is 0.491 e. The number of aliphatic hydroxyl groups excluding tert-OH is 1. The average Bonchev–Trinajstić information content (AvgIpc) is 3.25. The van der Waals surface area contributed by atoms with Crippen LogP contribution in [0.5, 0.6) is 5.75 Å². The lowest BCUT2D eigenvalue weighted by molar-refractivity contribution is -0.142. The number of aliphatic hydroxyl groups is 1. The van der Waals surface area contributed by atoms with Gasteiger partial charge >= 0.3 is 5.97 Å². The minimum absolute atomic E-state index is 0.0159.